The highest BCUT2D eigenvalue weighted by Gasteiger charge is 2.31. The topological polar surface area (TPSA) is 0 Å². The summed E-state index contributed by atoms with van der Waals surface area (Å²) in [6, 6.07) is 0. The predicted octanol–water partition coefficient (Wildman–Crippen LogP) is 5.62. The second-order valence-corrected chi connectivity index (χ2v) is 9.81. The van der Waals surface area contributed by atoms with Gasteiger partial charge in [-0.2, -0.15) is 0 Å². The molecule has 0 fully saturated rings. The van der Waals surface area contributed by atoms with E-state index in [9.17, 15) is 0 Å². The van der Waals surface area contributed by atoms with E-state index < -0.39 is 0 Å². The van der Waals surface area contributed by atoms with Gasteiger partial charge in [-0.3, -0.25) is 0 Å². The first-order valence-corrected chi connectivity index (χ1v) is 8.72. The van der Waals surface area contributed by atoms with Gasteiger partial charge in [0.05, 0.1) is 16.9 Å². The summed E-state index contributed by atoms with van der Waals surface area (Å²) in [6.07, 6.45) is 0. The molecular formula is C8H4S6. The van der Waals surface area contributed by atoms with Crippen LogP contribution in [0.1, 0.15) is 0 Å². The lowest BCUT2D eigenvalue weighted by Crippen LogP contribution is -1.67. The van der Waals surface area contributed by atoms with Crippen molar-refractivity contribution in [2.75, 3.05) is 0 Å². The Hall–Kier alpha value is 1.06. The molecule has 3 heterocycles. The van der Waals surface area contributed by atoms with Gasteiger partial charge in [0.25, 0.3) is 0 Å². The first-order valence-electron chi connectivity index (χ1n) is 3.70. The molecule has 3 aliphatic heterocycles. The zero-order chi connectivity index (χ0) is 9.54. The van der Waals surface area contributed by atoms with E-state index in [0.29, 0.717) is 0 Å². The fourth-order valence-corrected chi connectivity index (χ4v) is 9.18. The van der Waals surface area contributed by atoms with Crippen molar-refractivity contribution in [1.82, 2.24) is 0 Å². The zero-order valence-corrected chi connectivity index (χ0v) is 11.7. The van der Waals surface area contributed by atoms with Crippen molar-refractivity contribution in [3.63, 3.8) is 0 Å². The average Bonchev–Trinajstić information content (AvgIpc) is 2.74. The Balaban J connectivity index is 1.81. The molecular weight excluding hydrogens is 288 g/mol. The molecule has 0 nitrogen and oxygen atoms in total. The Labute approximate surface area is 108 Å². The number of hydrogen-bond acceptors (Lipinski definition) is 6. The van der Waals surface area contributed by atoms with E-state index in [0.717, 1.165) is 0 Å². The largest absolute Gasteiger partial charge is 0.0884 e. The molecule has 3 aliphatic rings. The Bertz CT molecular complexity index is 370. The maximum atomic E-state index is 3.98. The van der Waals surface area contributed by atoms with E-state index >= 15 is 0 Å². The minimum Gasteiger partial charge on any atom is -0.0884 e. The molecule has 0 amide bonds. The summed E-state index contributed by atoms with van der Waals surface area (Å²) in [6.45, 7) is 3.98. The highest BCUT2D eigenvalue weighted by atomic mass is 32.3. The van der Waals surface area contributed by atoms with Crippen LogP contribution in [0, 0.1) is 0 Å². The van der Waals surface area contributed by atoms with Crippen LogP contribution in [0.25, 0.3) is 0 Å². The number of rotatable bonds is 0. The summed E-state index contributed by atoms with van der Waals surface area (Å²) in [4.78, 5) is 0. The highest BCUT2D eigenvalue weighted by molar-refractivity contribution is 8.49. The third-order valence-electron chi connectivity index (χ3n) is 1.52. The molecule has 0 unspecified atom stereocenters. The number of thioether (sulfide) groups is 6. The smallest absolute Gasteiger partial charge is 0.0717 e. The fourth-order valence-electron chi connectivity index (χ4n) is 1.01. The molecule has 0 atom stereocenters. The van der Waals surface area contributed by atoms with Gasteiger partial charge in [0.1, 0.15) is 0 Å². The van der Waals surface area contributed by atoms with Gasteiger partial charge in [0, 0.05) is 4.24 Å². The summed E-state index contributed by atoms with van der Waals surface area (Å²) < 4.78 is 6.95. The van der Waals surface area contributed by atoms with Gasteiger partial charge < -0.3 is 0 Å². The molecule has 0 radical (unpaired) electrons. The lowest BCUT2D eigenvalue weighted by molar-refractivity contribution is 2.37. The Kier molecular flexibility index (Phi) is 3.03. The first-order chi connectivity index (χ1) is 6.83. The molecule has 0 aliphatic carbocycles. The highest BCUT2D eigenvalue weighted by Crippen LogP contribution is 2.68. The van der Waals surface area contributed by atoms with E-state index in [1.807, 2.05) is 70.6 Å². The van der Waals surface area contributed by atoms with Gasteiger partial charge >= 0.3 is 0 Å². The van der Waals surface area contributed by atoms with Crippen molar-refractivity contribution < 1.29 is 0 Å². The van der Waals surface area contributed by atoms with Gasteiger partial charge in [-0.25, -0.2) is 0 Å². The van der Waals surface area contributed by atoms with Crippen LogP contribution in [-0.2, 0) is 0 Å². The molecule has 0 aromatic rings. The fraction of sp³-hybridized carbons (Fsp3) is 0. The normalized spacial score (nSPS) is 25.6. The van der Waals surface area contributed by atoms with Gasteiger partial charge in [-0.15, -0.1) is 0 Å². The van der Waals surface area contributed by atoms with Crippen molar-refractivity contribution in [3.8, 4) is 0 Å². The van der Waals surface area contributed by atoms with Gasteiger partial charge in [-0.1, -0.05) is 77.2 Å². The lowest BCUT2D eigenvalue weighted by atomic mass is 11.2. The average molecular weight is 293 g/mol. The van der Waals surface area contributed by atoms with Crippen LogP contribution in [0.15, 0.2) is 38.6 Å². The minimum absolute atomic E-state index is 1.21. The summed E-state index contributed by atoms with van der Waals surface area (Å²) in [5.41, 5.74) is 0. The molecule has 0 saturated heterocycles. The van der Waals surface area contributed by atoms with Crippen LogP contribution in [0.5, 0.6) is 0 Å². The Morgan fingerprint density at radius 1 is 0.714 bits per heavy atom. The van der Waals surface area contributed by atoms with E-state index in [1.165, 1.54) is 21.2 Å². The van der Waals surface area contributed by atoms with E-state index in [4.69, 9.17) is 0 Å². The van der Waals surface area contributed by atoms with Gasteiger partial charge in [-0.05, 0) is 10.8 Å². The van der Waals surface area contributed by atoms with Crippen LogP contribution in [0.3, 0.4) is 0 Å². The summed E-state index contributed by atoms with van der Waals surface area (Å²) in [5.74, 6) is 0. The molecule has 72 valence electrons. The lowest BCUT2D eigenvalue weighted by Gasteiger charge is -2.03. The summed E-state index contributed by atoms with van der Waals surface area (Å²) >= 11 is 11.1. The van der Waals surface area contributed by atoms with Crippen LogP contribution < -0.4 is 0 Å². The number of hydrogen-bond donors (Lipinski definition) is 0. The quantitative estimate of drug-likeness (QED) is 0.564. The van der Waals surface area contributed by atoms with Crippen LogP contribution >= 0.6 is 70.6 Å². The van der Waals surface area contributed by atoms with Crippen LogP contribution in [-0.4, -0.2) is 0 Å². The first kappa shape index (κ1) is 10.2. The van der Waals surface area contributed by atoms with Crippen molar-refractivity contribution >= 4 is 70.6 Å². The van der Waals surface area contributed by atoms with Gasteiger partial charge in [0.15, 0.2) is 0 Å². The standard InChI is InChI=1S/C8H4S6/c1-4-11-7-8(12-4)14-6(13-7)5-9-2-3-10-5/h2-3H,1H2. The zero-order valence-electron chi connectivity index (χ0n) is 6.81. The summed E-state index contributed by atoms with van der Waals surface area (Å²) in [5, 5.41) is 4.30. The predicted molar refractivity (Wildman–Crippen MR) is 77.9 cm³/mol. The maximum Gasteiger partial charge on any atom is 0.0717 e. The molecule has 0 N–H and O–H groups in total. The van der Waals surface area contributed by atoms with Crippen molar-refractivity contribution in [3.05, 3.63) is 38.6 Å². The van der Waals surface area contributed by atoms with Crippen LogP contribution in [0.4, 0.5) is 0 Å². The van der Waals surface area contributed by atoms with E-state index in [2.05, 4.69) is 17.4 Å². The SMILES string of the molecule is C=C1SC2=C(S1)SC(=C1SC=CS1)S2. The monoisotopic (exact) mass is 292 g/mol. The molecule has 3 rings (SSSR count). The van der Waals surface area contributed by atoms with Crippen molar-refractivity contribution in [1.29, 1.82) is 0 Å². The second kappa shape index (κ2) is 4.14. The maximum absolute atomic E-state index is 3.98. The second-order valence-electron chi connectivity index (χ2n) is 2.44. The molecule has 0 spiro atoms. The van der Waals surface area contributed by atoms with E-state index in [-0.39, 0.29) is 0 Å². The molecule has 0 bridgehead atoms. The third-order valence-corrected chi connectivity index (χ3v) is 9.48. The Morgan fingerprint density at radius 2 is 1.21 bits per heavy atom. The van der Waals surface area contributed by atoms with Gasteiger partial charge in [0.2, 0.25) is 0 Å². The third kappa shape index (κ3) is 1.85. The molecule has 0 saturated carbocycles. The minimum atomic E-state index is 1.21. The van der Waals surface area contributed by atoms with E-state index in [1.54, 1.807) is 0 Å². The van der Waals surface area contributed by atoms with Crippen LogP contribution in [0.2, 0.25) is 0 Å². The Morgan fingerprint density at radius 3 is 1.79 bits per heavy atom. The van der Waals surface area contributed by atoms with Crippen molar-refractivity contribution in [2.24, 2.45) is 0 Å². The van der Waals surface area contributed by atoms with Crippen molar-refractivity contribution in [2.45, 2.75) is 0 Å². The summed E-state index contributed by atoms with van der Waals surface area (Å²) in [7, 11) is 0. The molecule has 6 heteroatoms. The molecule has 0 aromatic carbocycles. The molecule has 14 heavy (non-hydrogen) atoms. The molecule has 0 aromatic heterocycles.